The van der Waals surface area contributed by atoms with Gasteiger partial charge in [0.05, 0.1) is 5.56 Å². The molecule has 0 N–H and O–H groups in total. The van der Waals surface area contributed by atoms with Gasteiger partial charge in [-0.1, -0.05) is 0 Å². The Hall–Kier alpha value is -0.940. The zero-order chi connectivity index (χ0) is 14.4. The Kier molecular flexibility index (Phi) is 6.45. The van der Waals surface area contributed by atoms with Crippen molar-refractivity contribution < 1.29 is 9.18 Å². The summed E-state index contributed by atoms with van der Waals surface area (Å²) >= 11 is 3.30. The SMILES string of the molecule is CCN(CCCN(C)C)C(=O)c1cc(F)ccc1Br. The summed E-state index contributed by atoms with van der Waals surface area (Å²) in [5.74, 6) is -0.525. The van der Waals surface area contributed by atoms with E-state index in [2.05, 4.69) is 20.8 Å². The molecule has 0 aliphatic carbocycles. The van der Waals surface area contributed by atoms with Gasteiger partial charge in [0.15, 0.2) is 0 Å². The Balaban J connectivity index is 2.75. The molecule has 5 heteroatoms. The summed E-state index contributed by atoms with van der Waals surface area (Å²) in [6.45, 7) is 4.15. The molecule has 1 rings (SSSR count). The van der Waals surface area contributed by atoms with E-state index in [-0.39, 0.29) is 5.91 Å². The normalized spacial score (nSPS) is 10.8. The third-order valence-corrected chi connectivity index (χ3v) is 3.55. The molecule has 0 spiro atoms. The number of hydrogen-bond donors (Lipinski definition) is 0. The smallest absolute Gasteiger partial charge is 0.255 e. The summed E-state index contributed by atoms with van der Waals surface area (Å²) in [6.07, 6.45) is 0.902. The molecular formula is C14H20BrFN2O. The van der Waals surface area contributed by atoms with Crippen LogP contribution in [0.15, 0.2) is 22.7 Å². The molecule has 0 unspecified atom stereocenters. The maximum absolute atomic E-state index is 13.2. The predicted octanol–water partition coefficient (Wildman–Crippen LogP) is 3.00. The molecule has 0 heterocycles. The Morgan fingerprint density at radius 3 is 2.58 bits per heavy atom. The van der Waals surface area contributed by atoms with E-state index < -0.39 is 5.82 Å². The Bertz CT molecular complexity index is 437. The Labute approximate surface area is 122 Å². The summed E-state index contributed by atoms with van der Waals surface area (Å²) in [5, 5.41) is 0. The van der Waals surface area contributed by atoms with Crippen LogP contribution in [0.4, 0.5) is 4.39 Å². The predicted molar refractivity (Wildman–Crippen MR) is 78.8 cm³/mol. The minimum absolute atomic E-state index is 0.132. The van der Waals surface area contributed by atoms with E-state index in [1.165, 1.54) is 12.1 Å². The molecule has 1 amide bonds. The summed E-state index contributed by atoms with van der Waals surface area (Å²) in [4.78, 5) is 16.2. The third-order valence-electron chi connectivity index (χ3n) is 2.86. The van der Waals surface area contributed by atoms with Gasteiger partial charge in [-0.3, -0.25) is 4.79 Å². The molecule has 0 saturated heterocycles. The second-order valence-electron chi connectivity index (χ2n) is 4.67. The van der Waals surface area contributed by atoms with E-state index in [1.54, 1.807) is 11.0 Å². The van der Waals surface area contributed by atoms with Crippen LogP contribution in [0.5, 0.6) is 0 Å². The average Bonchev–Trinajstić information content (AvgIpc) is 2.36. The van der Waals surface area contributed by atoms with Crippen molar-refractivity contribution in [2.24, 2.45) is 0 Å². The molecule has 1 aromatic rings. The first-order chi connectivity index (χ1) is 8.95. The number of halogens is 2. The van der Waals surface area contributed by atoms with Crippen LogP contribution in [-0.4, -0.2) is 49.4 Å². The van der Waals surface area contributed by atoms with E-state index in [1.807, 2.05) is 21.0 Å². The van der Waals surface area contributed by atoms with Gasteiger partial charge in [-0.05, 0) is 68.1 Å². The third kappa shape index (κ3) is 4.91. The lowest BCUT2D eigenvalue weighted by Crippen LogP contribution is -2.33. The van der Waals surface area contributed by atoms with Gasteiger partial charge < -0.3 is 9.80 Å². The molecule has 0 fully saturated rings. The molecular weight excluding hydrogens is 311 g/mol. The van der Waals surface area contributed by atoms with Crippen molar-refractivity contribution >= 4 is 21.8 Å². The van der Waals surface area contributed by atoms with E-state index in [0.717, 1.165) is 13.0 Å². The molecule has 0 aliphatic rings. The summed E-state index contributed by atoms with van der Waals surface area (Å²) in [7, 11) is 4.00. The van der Waals surface area contributed by atoms with E-state index in [0.29, 0.717) is 23.1 Å². The highest BCUT2D eigenvalue weighted by atomic mass is 79.9. The van der Waals surface area contributed by atoms with Crippen molar-refractivity contribution in [1.29, 1.82) is 0 Å². The van der Waals surface area contributed by atoms with Crippen molar-refractivity contribution in [3.8, 4) is 0 Å². The summed E-state index contributed by atoms with van der Waals surface area (Å²) in [6, 6.07) is 4.18. The lowest BCUT2D eigenvalue weighted by atomic mass is 10.2. The number of carbonyl (C=O) groups excluding carboxylic acids is 1. The van der Waals surface area contributed by atoms with Crippen molar-refractivity contribution in [3.63, 3.8) is 0 Å². The Morgan fingerprint density at radius 2 is 2.00 bits per heavy atom. The lowest BCUT2D eigenvalue weighted by Gasteiger charge is -2.22. The van der Waals surface area contributed by atoms with Crippen LogP contribution in [-0.2, 0) is 0 Å². The van der Waals surface area contributed by atoms with Crippen LogP contribution < -0.4 is 0 Å². The first-order valence-electron chi connectivity index (χ1n) is 6.34. The largest absolute Gasteiger partial charge is 0.339 e. The molecule has 0 aliphatic heterocycles. The van der Waals surface area contributed by atoms with Crippen LogP contribution in [0, 0.1) is 5.82 Å². The number of carbonyl (C=O) groups is 1. The molecule has 0 atom stereocenters. The van der Waals surface area contributed by atoms with Crippen LogP contribution >= 0.6 is 15.9 Å². The molecule has 3 nitrogen and oxygen atoms in total. The van der Waals surface area contributed by atoms with Gasteiger partial charge >= 0.3 is 0 Å². The van der Waals surface area contributed by atoms with E-state index in [9.17, 15) is 9.18 Å². The quantitative estimate of drug-likeness (QED) is 0.800. The van der Waals surface area contributed by atoms with Crippen LogP contribution in [0.3, 0.4) is 0 Å². The number of hydrogen-bond acceptors (Lipinski definition) is 2. The van der Waals surface area contributed by atoms with Gasteiger partial charge in [-0.15, -0.1) is 0 Å². The van der Waals surface area contributed by atoms with Gasteiger partial charge in [0.1, 0.15) is 5.82 Å². The van der Waals surface area contributed by atoms with Crippen LogP contribution in [0.25, 0.3) is 0 Å². The number of benzene rings is 1. The fourth-order valence-corrected chi connectivity index (χ4v) is 2.23. The standard InChI is InChI=1S/C14H20BrFN2O/c1-4-18(9-5-8-17(2)3)14(19)12-10-11(16)6-7-13(12)15/h6-7,10H,4-5,8-9H2,1-3H3. The highest BCUT2D eigenvalue weighted by molar-refractivity contribution is 9.10. The van der Waals surface area contributed by atoms with Gasteiger partial charge in [0, 0.05) is 17.6 Å². The fraction of sp³-hybridized carbons (Fsp3) is 0.500. The lowest BCUT2D eigenvalue weighted by molar-refractivity contribution is 0.0758. The van der Waals surface area contributed by atoms with Crippen molar-refractivity contribution in [2.45, 2.75) is 13.3 Å². The molecule has 0 bridgehead atoms. The molecule has 0 radical (unpaired) electrons. The first kappa shape index (κ1) is 16.1. The topological polar surface area (TPSA) is 23.6 Å². The highest BCUT2D eigenvalue weighted by Crippen LogP contribution is 2.19. The van der Waals surface area contributed by atoms with Crippen molar-refractivity contribution in [3.05, 3.63) is 34.1 Å². The van der Waals surface area contributed by atoms with Gasteiger partial charge in [-0.2, -0.15) is 0 Å². The second-order valence-corrected chi connectivity index (χ2v) is 5.52. The van der Waals surface area contributed by atoms with Crippen LogP contribution in [0.1, 0.15) is 23.7 Å². The fourth-order valence-electron chi connectivity index (χ4n) is 1.81. The van der Waals surface area contributed by atoms with Gasteiger partial charge in [0.2, 0.25) is 0 Å². The molecule has 0 aromatic heterocycles. The summed E-state index contributed by atoms with van der Waals surface area (Å²) < 4.78 is 13.9. The maximum Gasteiger partial charge on any atom is 0.255 e. The zero-order valence-electron chi connectivity index (χ0n) is 11.6. The molecule has 0 saturated carbocycles. The first-order valence-corrected chi connectivity index (χ1v) is 7.14. The molecule has 19 heavy (non-hydrogen) atoms. The minimum Gasteiger partial charge on any atom is -0.339 e. The van der Waals surface area contributed by atoms with Crippen molar-refractivity contribution in [2.75, 3.05) is 33.7 Å². The zero-order valence-corrected chi connectivity index (χ0v) is 13.2. The number of amides is 1. The number of rotatable bonds is 6. The second kappa shape index (κ2) is 7.60. The Morgan fingerprint density at radius 1 is 1.32 bits per heavy atom. The van der Waals surface area contributed by atoms with E-state index in [4.69, 9.17) is 0 Å². The highest BCUT2D eigenvalue weighted by Gasteiger charge is 2.17. The average molecular weight is 331 g/mol. The number of nitrogens with zero attached hydrogens (tertiary/aromatic N) is 2. The maximum atomic E-state index is 13.2. The van der Waals surface area contributed by atoms with Crippen LogP contribution in [0.2, 0.25) is 0 Å². The molecule has 1 aromatic carbocycles. The van der Waals surface area contributed by atoms with Gasteiger partial charge in [-0.25, -0.2) is 4.39 Å². The van der Waals surface area contributed by atoms with E-state index >= 15 is 0 Å². The minimum atomic E-state index is -0.393. The van der Waals surface area contributed by atoms with Gasteiger partial charge in [0.25, 0.3) is 5.91 Å². The van der Waals surface area contributed by atoms with Crippen molar-refractivity contribution in [1.82, 2.24) is 9.80 Å². The molecule has 106 valence electrons. The summed E-state index contributed by atoms with van der Waals surface area (Å²) in [5.41, 5.74) is 0.381. The monoisotopic (exact) mass is 330 g/mol.